The summed E-state index contributed by atoms with van der Waals surface area (Å²) in [5.74, 6) is -7.71. The van der Waals surface area contributed by atoms with Crippen molar-refractivity contribution in [1.82, 2.24) is 47.8 Å². The van der Waals surface area contributed by atoms with Crippen LogP contribution in [0.5, 0.6) is 0 Å². The van der Waals surface area contributed by atoms with E-state index in [1.165, 1.54) is 121 Å². The molecular formula is C119H136N10O15S5. The van der Waals surface area contributed by atoms with E-state index in [0.29, 0.717) is 11.8 Å². The average molecular weight is 2110 g/mol. The fourth-order valence-corrected chi connectivity index (χ4v) is 23.0. The molecule has 1 saturated carbocycles. The number of ketones is 5. The van der Waals surface area contributed by atoms with E-state index in [4.69, 9.17) is 20.4 Å². The van der Waals surface area contributed by atoms with Crippen molar-refractivity contribution >= 4 is 171 Å². The van der Waals surface area contributed by atoms with Gasteiger partial charge >= 0.3 is 29.8 Å². The number of thioether (sulfide) groups is 5. The summed E-state index contributed by atoms with van der Waals surface area (Å²) in [6.07, 6.45) is 12.5. The number of aromatic nitrogens is 10. The summed E-state index contributed by atoms with van der Waals surface area (Å²) in [6.45, 7) is 44.8. The Morgan fingerprint density at radius 1 is 0.295 bits per heavy atom. The van der Waals surface area contributed by atoms with Gasteiger partial charge in [0.1, 0.15) is 28.9 Å². The molecule has 16 rings (SSSR count). The second-order valence-corrected chi connectivity index (χ2v) is 49.4. The van der Waals surface area contributed by atoms with Gasteiger partial charge in [-0.2, -0.15) is 0 Å². The Kier molecular flexibility index (Phi) is 37.2. The predicted molar refractivity (Wildman–Crippen MR) is 601 cm³/mol. The van der Waals surface area contributed by atoms with Crippen LogP contribution in [0.2, 0.25) is 0 Å². The van der Waals surface area contributed by atoms with Crippen LogP contribution in [0.15, 0.2) is 245 Å². The van der Waals surface area contributed by atoms with Crippen molar-refractivity contribution in [1.29, 1.82) is 0 Å². The maximum atomic E-state index is 12.9. The fourth-order valence-electron chi connectivity index (χ4n) is 17.5. The van der Waals surface area contributed by atoms with Gasteiger partial charge in [-0.25, -0.2) is 24.9 Å². The van der Waals surface area contributed by atoms with E-state index in [1.54, 1.807) is 47.0 Å². The molecule has 0 radical (unpaired) electrons. The lowest BCUT2D eigenvalue weighted by molar-refractivity contribution is -0.143. The molecule has 5 N–H and O–H groups in total. The molecule has 782 valence electrons. The average Bonchev–Trinajstić information content (AvgIpc) is 1.64. The van der Waals surface area contributed by atoms with Gasteiger partial charge in [0.15, 0.2) is 25.8 Å². The number of aliphatic carboxylic acids is 5. The molecule has 15 aromatic rings. The molecule has 5 heterocycles. The highest BCUT2D eigenvalue weighted by Crippen LogP contribution is 2.48. The Morgan fingerprint density at radius 2 is 0.544 bits per heavy atom. The lowest BCUT2D eigenvalue weighted by Crippen LogP contribution is -2.31. The van der Waals surface area contributed by atoms with E-state index in [0.717, 1.165) is 116 Å². The first-order valence-electron chi connectivity index (χ1n) is 50.2. The van der Waals surface area contributed by atoms with Gasteiger partial charge in [-0.05, 0) is 221 Å². The van der Waals surface area contributed by atoms with Crippen LogP contribution in [-0.4, -0.2) is 156 Å². The molecule has 149 heavy (non-hydrogen) atoms. The van der Waals surface area contributed by atoms with Gasteiger partial charge < -0.3 is 25.5 Å². The van der Waals surface area contributed by atoms with E-state index in [-0.39, 0.29) is 61.0 Å². The Morgan fingerprint density at radius 3 is 0.859 bits per heavy atom. The van der Waals surface area contributed by atoms with Crippen molar-refractivity contribution < 1.29 is 73.5 Å². The summed E-state index contributed by atoms with van der Waals surface area (Å²) in [5.41, 5.74) is 15.2. The molecule has 0 amide bonds. The number of fused-ring (bicyclic) bond motifs is 5. The van der Waals surface area contributed by atoms with E-state index in [1.807, 2.05) is 177 Å². The van der Waals surface area contributed by atoms with Crippen molar-refractivity contribution in [2.24, 2.45) is 29.6 Å². The maximum absolute atomic E-state index is 12.9. The zero-order valence-electron chi connectivity index (χ0n) is 89.3. The second-order valence-electron chi connectivity index (χ2n) is 41.4. The minimum absolute atomic E-state index is 0.00103. The highest BCUT2D eigenvalue weighted by Gasteiger charge is 2.40. The normalized spacial score (nSPS) is 13.4. The van der Waals surface area contributed by atoms with Gasteiger partial charge in [-0.15, -0.1) is 0 Å². The van der Waals surface area contributed by atoms with Crippen LogP contribution in [0.4, 0.5) is 0 Å². The number of nitrogens with zero attached hydrogens (tertiary/aromatic N) is 10. The van der Waals surface area contributed by atoms with Crippen molar-refractivity contribution in [3.8, 4) is 28.4 Å². The molecule has 1 fully saturated rings. The summed E-state index contributed by atoms with van der Waals surface area (Å²) < 4.78 is 6.46. The first-order chi connectivity index (χ1) is 70.2. The quantitative estimate of drug-likeness (QED) is 0.0224. The standard InChI is InChI=1S/C25H28N2O3S.C25H30N2O3S.C24H28N2O3S.C23H26N2O3S.C22H24N2O3S/c1-15(23(29)30)13-22(28)25(3,4)31-24-26-14-16(2)27(24)21-12-11-18(17-9-10-17)19-7-5-6-8-20(19)21;1-15(2)18-11-12-21(20-10-8-7-9-19(18)20)27-17(4)14-26-24(27)31-25(5,6)22(28)13-16(3)23(29)30;1-6-17-11-12-20(19-10-8-7-9-18(17)19)26-16(3)14-25-23(26)30-24(4,5)21(27)13-15(2)22(28)29;1-14-10-11-19(18-9-7-6-8-17(14)18)25-16(3)13-24-22(25)29-23(4,5)20(26)12-15(2)21(27)28;1-14(20(26)27)12-19(25)22(3,4)28-21-23-13-15(2)24(21)18-11-7-9-16-8-5-6-10-17(16)18/h5-8,11-12,14-15,17H,9-10,13H2,1-4H3,(H,29,30);7-12,14-16H,13H2,1-6H3,(H,29,30);7-12,14-15H,6,13H2,1-5H3,(H,28,29);6-11,13,15H,12H2,1-5H3,(H,27,28);5-11,13-14H,12H2,1-4H3,(H,26,27). The highest BCUT2D eigenvalue weighted by atomic mass is 32.2. The van der Waals surface area contributed by atoms with E-state index in [9.17, 15) is 53.1 Å². The van der Waals surface area contributed by atoms with Crippen molar-refractivity contribution in [3.63, 3.8) is 0 Å². The molecule has 1 aliphatic rings. The van der Waals surface area contributed by atoms with Crippen LogP contribution in [0.3, 0.4) is 0 Å². The van der Waals surface area contributed by atoms with Gasteiger partial charge in [-0.3, -0.25) is 70.8 Å². The Balaban J connectivity index is 0.000000165. The van der Waals surface area contributed by atoms with Gasteiger partial charge in [0, 0.05) is 118 Å². The second kappa shape index (κ2) is 48.3. The Bertz CT molecular complexity index is 7380. The molecular weight excluding hydrogens is 1970 g/mol. The maximum Gasteiger partial charge on any atom is 0.306 e. The highest BCUT2D eigenvalue weighted by molar-refractivity contribution is 8.02. The van der Waals surface area contributed by atoms with E-state index < -0.39 is 83.2 Å². The summed E-state index contributed by atoms with van der Waals surface area (Å²) in [7, 11) is 0. The van der Waals surface area contributed by atoms with Crippen molar-refractivity contribution in [2.45, 2.75) is 279 Å². The van der Waals surface area contributed by atoms with Crippen molar-refractivity contribution in [3.05, 3.63) is 270 Å². The zero-order chi connectivity index (χ0) is 109. The summed E-state index contributed by atoms with van der Waals surface area (Å²) in [5, 5.41) is 61.1. The monoisotopic (exact) mass is 2100 g/mol. The molecule has 10 aromatic carbocycles. The van der Waals surface area contributed by atoms with Gasteiger partial charge in [0.25, 0.3) is 0 Å². The number of carboxylic acid groups (broad SMARTS) is 5. The molecule has 5 atom stereocenters. The number of carbonyl (C=O) groups excluding carboxylic acids is 5. The van der Waals surface area contributed by atoms with Gasteiger partial charge in [0.2, 0.25) is 0 Å². The van der Waals surface area contributed by atoms with Crippen molar-refractivity contribution in [2.75, 3.05) is 0 Å². The number of rotatable bonds is 38. The fraction of sp³-hybridized carbons (Fsp3) is 0.370. The Hall–Kier alpha value is -13.0. The molecule has 5 unspecified atom stereocenters. The Labute approximate surface area is 892 Å². The van der Waals surface area contributed by atoms with Gasteiger partial charge in [0.05, 0.1) is 81.8 Å². The largest absolute Gasteiger partial charge is 0.481 e. The number of carbonyl (C=O) groups is 10. The number of Topliss-reactive ketones (excluding diaryl/α,β-unsaturated/α-hetero) is 5. The topological polar surface area (TPSA) is 361 Å². The molecule has 1 aliphatic carbocycles. The van der Waals surface area contributed by atoms with Crippen LogP contribution in [-0.2, 0) is 54.4 Å². The first-order valence-corrected chi connectivity index (χ1v) is 54.3. The SMILES string of the molecule is CCc1ccc(-n2c(C)cnc2SC(C)(C)C(=O)CC(C)C(=O)O)c2ccccc12.Cc1ccc(-n2c(C)cnc2SC(C)(C)C(=O)CC(C)C(=O)O)c2ccccc12.Cc1cnc(SC(C)(C)C(=O)CC(C)C(=O)O)n1-c1ccc(C(C)C)c2ccccc12.Cc1cnc(SC(C)(C)C(=O)CC(C)C(=O)O)n1-c1ccc(C2CC2)c2ccccc12.Cc1cnc(SC(C)(C)C(=O)CC(C)C(=O)O)n1-c1cccc2ccccc12. The summed E-state index contributed by atoms with van der Waals surface area (Å²) in [6, 6.07) is 64.8. The summed E-state index contributed by atoms with van der Waals surface area (Å²) >= 11 is 6.89. The van der Waals surface area contributed by atoms with Crippen LogP contribution in [0, 0.1) is 71.1 Å². The van der Waals surface area contributed by atoms with E-state index >= 15 is 0 Å². The lowest BCUT2D eigenvalue weighted by atomic mass is 9.95. The van der Waals surface area contributed by atoms with E-state index in [2.05, 4.69) is 209 Å². The molecule has 25 nitrogen and oxygen atoms in total. The minimum Gasteiger partial charge on any atom is -0.481 e. The van der Waals surface area contributed by atoms with Crippen LogP contribution in [0.1, 0.15) is 232 Å². The van der Waals surface area contributed by atoms with Gasteiger partial charge in [-0.1, -0.05) is 272 Å². The third-order valence-electron chi connectivity index (χ3n) is 27.2. The molecule has 0 saturated heterocycles. The molecule has 0 spiro atoms. The zero-order valence-corrected chi connectivity index (χ0v) is 93.4. The van der Waals surface area contributed by atoms with Crippen LogP contribution in [0.25, 0.3) is 82.3 Å². The molecule has 0 bridgehead atoms. The number of benzene rings is 10. The van der Waals surface area contributed by atoms with Crippen LogP contribution < -0.4 is 0 Å². The number of hydrogen-bond acceptors (Lipinski definition) is 20. The number of imidazole rings is 5. The third kappa shape index (κ3) is 27.1. The predicted octanol–water partition coefficient (Wildman–Crippen LogP) is 27.3. The summed E-state index contributed by atoms with van der Waals surface area (Å²) in [4.78, 5) is 143. The molecule has 30 heteroatoms. The molecule has 0 aliphatic heterocycles. The first kappa shape index (κ1) is 115. The van der Waals surface area contributed by atoms with Crippen LogP contribution >= 0.6 is 58.8 Å². The smallest absolute Gasteiger partial charge is 0.306 e. The number of aryl methyl sites for hydroxylation is 7. The number of hydrogen-bond donors (Lipinski definition) is 5. The minimum atomic E-state index is -0.956. The third-order valence-corrected chi connectivity index (χ3v) is 33.2. The lowest BCUT2D eigenvalue weighted by Gasteiger charge is -2.24. The number of carboxylic acids is 5. The molecule has 5 aromatic heterocycles.